The van der Waals surface area contributed by atoms with Gasteiger partial charge in [0.25, 0.3) is 5.91 Å². The highest BCUT2D eigenvalue weighted by Gasteiger charge is 2.09. The van der Waals surface area contributed by atoms with Crippen LogP contribution in [0.25, 0.3) is 6.08 Å². The van der Waals surface area contributed by atoms with E-state index < -0.39 is 5.97 Å². The Hall–Kier alpha value is -3.02. The lowest BCUT2D eigenvalue weighted by Crippen LogP contribution is -2.24. The summed E-state index contributed by atoms with van der Waals surface area (Å²) in [6.07, 6.45) is 6.87. The second-order valence-corrected chi connectivity index (χ2v) is 4.14. The normalized spacial score (nSPS) is 10.5. The Morgan fingerprint density at radius 1 is 1.24 bits per heavy atom. The number of carboxylic acids is 1. The lowest BCUT2D eigenvalue weighted by atomic mass is 10.1. The van der Waals surface area contributed by atoms with E-state index in [0.29, 0.717) is 17.7 Å². The maximum absolute atomic E-state index is 12.1. The number of carboxylic acid groups (broad SMARTS) is 1. The molecule has 2 N–H and O–H groups in total. The number of carbonyl (C=O) groups is 2. The van der Waals surface area contributed by atoms with Crippen LogP contribution in [0.3, 0.4) is 0 Å². The molecule has 106 valence electrons. The molecule has 0 aliphatic carbocycles. The van der Waals surface area contributed by atoms with E-state index in [9.17, 15) is 9.59 Å². The van der Waals surface area contributed by atoms with Crippen molar-refractivity contribution in [1.82, 2.24) is 15.3 Å². The summed E-state index contributed by atoms with van der Waals surface area (Å²) in [5, 5.41) is 11.4. The molecular formula is C15H13N3O3. The molecule has 6 heteroatoms. The third kappa shape index (κ3) is 4.24. The van der Waals surface area contributed by atoms with Crippen LogP contribution in [-0.2, 0) is 11.3 Å². The molecule has 0 aliphatic heterocycles. The number of nitrogens with zero attached hydrogens (tertiary/aromatic N) is 2. The van der Waals surface area contributed by atoms with Crippen molar-refractivity contribution in [1.29, 1.82) is 0 Å². The Morgan fingerprint density at radius 2 is 2.10 bits per heavy atom. The molecule has 21 heavy (non-hydrogen) atoms. The Labute approximate surface area is 121 Å². The number of aliphatic carboxylic acids is 1. The van der Waals surface area contributed by atoms with Gasteiger partial charge in [0.1, 0.15) is 0 Å². The summed E-state index contributed by atoms with van der Waals surface area (Å²) >= 11 is 0. The molecule has 2 rings (SSSR count). The van der Waals surface area contributed by atoms with Gasteiger partial charge in [-0.05, 0) is 24.3 Å². The van der Waals surface area contributed by atoms with Crippen molar-refractivity contribution < 1.29 is 14.7 Å². The molecule has 1 amide bonds. The predicted molar refractivity (Wildman–Crippen MR) is 76.3 cm³/mol. The molecule has 0 spiro atoms. The van der Waals surface area contributed by atoms with Gasteiger partial charge in [0.15, 0.2) is 0 Å². The number of nitrogens with one attached hydrogen (secondary N) is 1. The van der Waals surface area contributed by atoms with Crippen LogP contribution >= 0.6 is 0 Å². The van der Waals surface area contributed by atoms with Gasteiger partial charge in [0.2, 0.25) is 0 Å². The number of pyridine rings is 2. The summed E-state index contributed by atoms with van der Waals surface area (Å²) < 4.78 is 0. The lowest BCUT2D eigenvalue weighted by Gasteiger charge is -2.07. The Morgan fingerprint density at radius 3 is 2.81 bits per heavy atom. The average Bonchev–Trinajstić information content (AvgIpc) is 2.52. The summed E-state index contributed by atoms with van der Waals surface area (Å²) in [6.45, 7) is 0.296. The van der Waals surface area contributed by atoms with Crippen LogP contribution in [-0.4, -0.2) is 27.0 Å². The van der Waals surface area contributed by atoms with Gasteiger partial charge >= 0.3 is 5.97 Å². The maximum Gasteiger partial charge on any atom is 0.328 e. The molecule has 0 saturated heterocycles. The second-order valence-electron chi connectivity index (χ2n) is 4.14. The fourth-order valence-corrected chi connectivity index (χ4v) is 1.68. The molecule has 0 aromatic carbocycles. The highest BCUT2D eigenvalue weighted by Crippen LogP contribution is 2.09. The first-order valence-corrected chi connectivity index (χ1v) is 6.20. The van der Waals surface area contributed by atoms with Gasteiger partial charge in [0.05, 0.1) is 12.2 Å². The molecule has 2 aromatic heterocycles. The second kappa shape index (κ2) is 6.95. The molecule has 0 bridgehead atoms. The minimum Gasteiger partial charge on any atom is -0.478 e. The van der Waals surface area contributed by atoms with E-state index in [-0.39, 0.29) is 5.91 Å². The zero-order valence-electron chi connectivity index (χ0n) is 11.1. The average molecular weight is 283 g/mol. The van der Waals surface area contributed by atoms with Crippen LogP contribution < -0.4 is 5.32 Å². The Kier molecular flexibility index (Phi) is 4.76. The standard InChI is InChI=1S/C15H13N3O3/c19-14(20)5-4-11-9-16-8-6-13(11)15(21)18-10-12-3-1-2-7-17-12/h1-9H,10H2,(H,18,21)(H,19,20). The largest absolute Gasteiger partial charge is 0.478 e. The number of amides is 1. The highest BCUT2D eigenvalue weighted by molar-refractivity contribution is 5.98. The third-order valence-corrected chi connectivity index (χ3v) is 2.66. The number of hydrogen-bond acceptors (Lipinski definition) is 4. The Bertz CT molecular complexity index is 669. The molecule has 0 atom stereocenters. The van der Waals surface area contributed by atoms with Crippen molar-refractivity contribution in [3.8, 4) is 0 Å². The quantitative estimate of drug-likeness (QED) is 0.811. The van der Waals surface area contributed by atoms with E-state index >= 15 is 0 Å². The van der Waals surface area contributed by atoms with E-state index in [2.05, 4.69) is 15.3 Å². The number of aromatic nitrogens is 2. The summed E-state index contributed by atoms with van der Waals surface area (Å²) in [7, 11) is 0. The molecule has 0 aliphatic rings. The van der Waals surface area contributed by atoms with Crippen molar-refractivity contribution in [3.05, 3.63) is 65.8 Å². The van der Waals surface area contributed by atoms with Crippen LogP contribution in [0.5, 0.6) is 0 Å². The molecule has 0 unspecified atom stereocenters. The van der Waals surface area contributed by atoms with Crippen molar-refractivity contribution in [2.75, 3.05) is 0 Å². The predicted octanol–water partition coefficient (Wildman–Crippen LogP) is 1.50. The fraction of sp³-hybridized carbons (Fsp3) is 0.0667. The van der Waals surface area contributed by atoms with Gasteiger partial charge in [0, 0.05) is 35.8 Å². The topological polar surface area (TPSA) is 92.2 Å². The number of carbonyl (C=O) groups excluding carboxylic acids is 1. The van der Waals surface area contributed by atoms with Crippen molar-refractivity contribution in [2.45, 2.75) is 6.54 Å². The summed E-state index contributed by atoms with van der Waals surface area (Å²) in [5.74, 6) is -1.40. The lowest BCUT2D eigenvalue weighted by molar-refractivity contribution is -0.131. The minimum atomic E-state index is -1.08. The minimum absolute atomic E-state index is 0.296. The van der Waals surface area contributed by atoms with Crippen LogP contribution in [0.4, 0.5) is 0 Å². The van der Waals surface area contributed by atoms with E-state index in [1.165, 1.54) is 24.5 Å². The van der Waals surface area contributed by atoms with Gasteiger partial charge < -0.3 is 10.4 Å². The fourth-order valence-electron chi connectivity index (χ4n) is 1.68. The smallest absolute Gasteiger partial charge is 0.328 e. The van der Waals surface area contributed by atoms with Gasteiger partial charge in [-0.2, -0.15) is 0 Å². The van der Waals surface area contributed by atoms with Crippen molar-refractivity contribution >= 4 is 18.0 Å². The first-order valence-electron chi connectivity index (χ1n) is 6.20. The third-order valence-electron chi connectivity index (χ3n) is 2.66. The first kappa shape index (κ1) is 14.4. The zero-order valence-corrected chi connectivity index (χ0v) is 11.1. The molecule has 0 fully saturated rings. The zero-order chi connectivity index (χ0) is 15.1. The van der Waals surface area contributed by atoms with Crippen LogP contribution in [0, 0.1) is 0 Å². The van der Waals surface area contributed by atoms with Crippen molar-refractivity contribution in [2.24, 2.45) is 0 Å². The van der Waals surface area contributed by atoms with Gasteiger partial charge in [-0.25, -0.2) is 4.79 Å². The summed E-state index contributed by atoms with van der Waals surface area (Å²) in [6, 6.07) is 6.97. The van der Waals surface area contributed by atoms with Crippen LogP contribution in [0.2, 0.25) is 0 Å². The van der Waals surface area contributed by atoms with Crippen LogP contribution in [0.1, 0.15) is 21.6 Å². The molecular weight excluding hydrogens is 270 g/mol. The molecule has 2 aromatic rings. The number of hydrogen-bond donors (Lipinski definition) is 2. The molecule has 6 nitrogen and oxygen atoms in total. The maximum atomic E-state index is 12.1. The van der Waals surface area contributed by atoms with Gasteiger partial charge in [-0.1, -0.05) is 6.07 Å². The summed E-state index contributed by atoms with van der Waals surface area (Å²) in [4.78, 5) is 30.7. The van der Waals surface area contributed by atoms with E-state index in [1.54, 1.807) is 18.3 Å². The van der Waals surface area contributed by atoms with Gasteiger partial charge in [-0.15, -0.1) is 0 Å². The van der Waals surface area contributed by atoms with Gasteiger partial charge in [-0.3, -0.25) is 14.8 Å². The first-order chi connectivity index (χ1) is 10.2. The summed E-state index contributed by atoms with van der Waals surface area (Å²) in [5.41, 5.74) is 1.54. The van der Waals surface area contributed by atoms with E-state index in [1.807, 2.05) is 6.07 Å². The van der Waals surface area contributed by atoms with E-state index in [0.717, 1.165) is 11.8 Å². The van der Waals surface area contributed by atoms with Crippen LogP contribution in [0.15, 0.2) is 48.9 Å². The monoisotopic (exact) mass is 283 g/mol. The van der Waals surface area contributed by atoms with Crippen molar-refractivity contribution in [3.63, 3.8) is 0 Å². The van der Waals surface area contributed by atoms with E-state index in [4.69, 9.17) is 5.11 Å². The molecule has 0 radical (unpaired) electrons. The molecule has 0 saturated carbocycles. The SMILES string of the molecule is O=C(O)C=Cc1cnccc1C(=O)NCc1ccccn1. The molecule has 2 heterocycles. The number of rotatable bonds is 5. The Balaban J connectivity index is 2.10. The highest BCUT2D eigenvalue weighted by atomic mass is 16.4.